The molecule has 8 heteroatoms. The molecule has 7 nitrogen and oxygen atoms in total. The van der Waals surface area contributed by atoms with Crippen molar-refractivity contribution in [2.45, 2.75) is 33.4 Å². The van der Waals surface area contributed by atoms with Crippen LogP contribution in [0.5, 0.6) is 0 Å². The van der Waals surface area contributed by atoms with Crippen LogP contribution in [0, 0.1) is 13.8 Å². The van der Waals surface area contributed by atoms with E-state index in [0.717, 1.165) is 11.0 Å². The standard InChI is InChI=1S/C21H24N2O5S/c1-4-28-21(25)18-14(2)19(22-15(18)3)20(24)23(12-16-8-6-5-7-9-16)17-10-11-29(26,27)13-17/h5-11,17,22H,4,12-13H2,1-3H3/t17-/m0/s1. The summed E-state index contributed by atoms with van der Waals surface area (Å²) in [6, 6.07) is 8.78. The summed E-state index contributed by atoms with van der Waals surface area (Å²) >= 11 is 0. The van der Waals surface area contributed by atoms with E-state index in [2.05, 4.69) is 4.98 Å². The van der Waals surface area contributed by atoms with E-state index in [0.29, 0.717) is 16.8 Å². The Morgan fingerprint density at radius 3 is 2.48 bits per heavy atom. The predicted molar refractivity (Wildman–Crippen MR) is 109 cm³/mol. The van der Waals surface area contributed by atoms with Gasteiger partial charge in [-0.15, -0.1) is 0 Å². The van der Waals surface area contributed by atoms with Gasteiger partial charge in [-0.05, 0) is 38.0 Å². The molecule has 1 amide bonds. The van der Waals surface area contributed by atoms with E-state index in [1.807, 2.05) is 30.3 Å². The summed E-state index contributed by atoms with van der Waals surface area (Å²) in [5, 5.41) is 1.15. The maximum absolute atomic E-state index is 13.4. The molecule has 1 N–H and O–H groups in total. The van der Waals surface area contributed by atoms with Crippen LogP contribution in [0.2, 0.25) is 0 Å². The van der Waals surface area contributed by atoms with Crippen molar-refractivity contribution in [3.63, 3.8) is 0 Å². The van der Waals surface area contributed by atoms with Crippen molar-refractivity contribution >= 4 is 21.7 Å². The Labute approximate surface area is 170 Å². The van der Waals surface area contributed by atoms with Crippen molar-refractivity contribution in [2.75, 3.05) is 12.4 Å². The van der Waals surface area contributed by atoms with E-state index in [-0.39, 0.29) is 30.5 Å². The minimum Gasteiger partial charge on any atom is -0.462 e. The quantitative estimate of drug-likeness (QED) is 0.731. The monoisotopic (exact) mass is 416 g/mol. The topological polar surface area (TPSA) is 96.5 Å². The molecular formula is C21H24N2O5S. The molecule has 3 rings (SSSR count). The minimum absolute atomic E-state index is 0.158. The van der Waals surface area contributed by atoms with Crippen molar-refractivity contribution in [2.24, 2.45) is 0 Å². The van der Waals surface area contributed by atoms with Crippen molar-refractivity contribution in [1.29, 1.82) is 0 Å². The lowest BCUT2D eigenvalue weighted by Gasteiger charge is -2.27. The smallest absolute Gasteiger partial charge is 0.340 e. The minimum atomic E-state index is -3.34. The number of nitrogens with one attached hydrogen (secondary N) is 1. The van der Waals surface area contributed by atoms with Gasteiger partial charge in [-0.25, -0.2) is 13.2 Å². The number of aromatic nitrogens is 1. The fourth-order valence-corrected chi connectivity index (χ4v) is 4.79. The largest absolute Gasteiger partial charge is 0.462 e. The number of H-pyrrole nitrogens is 1. The van der Waals surface area contributed by atoms with Crippen LogP contribution >= 0.6 is 0 Å². The second kappa shape index (κ2) is 8.24. The zero-order valence-corrected chi connectivity index (χ0v) is 17.5. The SMILES string of the molecule is CCOC(=O)c1c(C)[nH]c(C(=O)N(Cc2ccccc2)[C@H]2C=CS(=O)(=O)C2)c1C. The Kier molecular flexibility index (Phi) is 5.93. The van der Waals surface area contributed by atoms with Gasteiger partial charge in [0.25, 0.3) is 5.91 Å². The molecule has 2 heterocycles. The van der Waals surface area contributed by atoms with Crippen LogP contribution in [-0.2, 0) is 21.1 Å². The zero-order chi connectivity index (χ0) is 21.2. The van der Waals surface area contributed by atoms with Crippen LogP contribution in [0.3, 0.4) is 0 Å². The number of rotatable bonds is 6. The van der Waals surface area contributed by atoms with Gasteiger partial charge in [-0.3, -0.25) is 4.79 Å². The Morgan fingerprint density at radius 2 is 1.90 bits per heavy atom. The molecule has 1 aromatic heterocycles. The number of aromatic amines is 1. The van der Waals surface area contributed by atoms with E-state index in [1.165, 1.54) is 11.0 Å². The average Bonchev–Trinajstić information content (AvgIpc) is 3.18. The van der Waals surface area contributed by atoms with Gasteiger partial charge in [0.15, 0.2) is 9.84 Å². The number of aryl methyl sites for hydroxylation is 1. The fourth-order valence-electron chi connectivity index (χ4n) is 3.49. The number of hydrogen-bond donors (Lipinski definition) is 1. The van der Waals surface area contributed by atoms with Crippen LogP contribution in [0.25, 0.3) is 0 Å². The molecule has 0 unspecified atom stereocenters. The second-order valence-corrected chi connectivity index (χ2v) is 8.92. The Balaban J connectivity index is 1.98. The van der Waals surface area contributed by atoms with Gasteiger partial charge >= 0.3 is 5.97 Å². The van der Waals surface area contributed by atoms with Gasteiger partial charge in [0.2, 0.25) is 0 Å². The molecule has 154 valence electrons. The van der Waals surface area contributed by atoms with Gasteiger partial charge in [-0.1, -0.05) is 30.3 Å². The lowest BCUT2D eigenvalue weighted by atomic mass is 10.1. The maximum Gasteiger partial charge on any atom is 0.340 e. The summed E-state index contributed by atoms with van der Waals surface area (Å²) in [4.78, 5) is 30.2. The third-order valence-corrected chi connectivity index (χ3v) is 6.28. The number of esters is 1. The molecule has 0 saturated heterocycles. The Morgan fingerprint density at radius 1 is 1.21 bits per heavy atom. The number of carbonyl (C=O) groups is 2. The van der Waals surface area contributed by atoms with Crippen LogP contribution in [0.4, 0.5) is 0 Å². The fraction of sp³-hybridized carbons (Fsp3) is 0.333. The third kappa shape index (κ3) is 4.42. The van der Waals surface area contributed by atoms with E-state index < -0.39 is 21.8 Å². The number of ether oxygens (including phenoxy) is 1. The first-order chi connectivity index (χ1) is 13.7. The molecule has 1 atom stereocenters. The number of amides is 1. The summed E-state index contributed by atoms with van der Waals surface area (Å²) < 4.78 is 29.0. The molecule has 0 saturated carbocycles. The van der Waals surface area contributed by atoms with Gasteiger partial charge in [0.1, 0.15) is 5.69 Å². The van der Waals surface area contributed by atoms with Crippen molar-refractivity contribution in [1.82, 2.24) is 9.88 Å². The van der Waals surface area contributed by atoms with Crippen molar-refractivity contribution < 1.29 is 22.7 Å². The highest BCUT2D eigenvalue weighted by molar-refractivity contribution is 7.94. The Bertz CT molecular complexity index is 1050. The van der Waals surface area contributed by atoms with Crippen molar-refractivity contribution in [3.8, 4) is 0 Å². The van der Waals surface area contributed by atoms with Crippen LogP contribution < -0.4 is 0 Å². The van der Waals surface area contributed by atoms with Crippen LogP contribution in [0.1, 0.15) is 44.6 Å². The van der Waals surface area contributed by atoms with Gasteiger partial charge < -0.3 is 14.6 Å². The first-order valence-electron chi connectivity index (χ1n) is 9.35. The molecule has 1 aliphatic rings. The van der Waals surface area contributed by atoms with Gasteiger partial charge in [0, 0.05) is 17.6 Å². The molecule has 0 radical (unpaired) electrons. The summed E-state index contributed by atoms with van der Waals surface area (Å²) in [6.45, 7) is 5.59. The second-order valence-electron chi connectivity index (χ2n) is 6.99. The third-order valence-electron chi connectivity index (χ3n) is 4.90. The zero-order valence-electron chi connectivity index (χ0n) is 16.6. The van der Waals surface area contributed by atoms with Gasteiger partial charge in [0.05, 0.1) is 24.0 Å². The molecular weight excluding hydrogens is 392 g/mol. The summed E-state index contributed by atoms with van der Waals surface area (Å²) in [5.74, 6) is -1.01. The molecule has 0 spiro atoms. The normalized spacial score (nSPS) is 17.3. The van der Waals surface area contributed by atoms with E-state index in [9.17, 15) is 18.0 Å². The lowest BCUT2D eigenvalue weighted by molar-refractivity contribution is 0.0525. The molecule has 29 heavy (non-hydrogen) atoms. The number of carbonyl (C=O) groups excluding carboxylic acids is 2. The Hall–Kier alpha value is -2.87. The molecule has 1 aliphatic heterocycles. The maximum atomic E-state index is 13.4. The van der Waals surface area contributed by atoms with Crippen LogP contribution in [0.15, 0.2) is 41.8 Å². The lowest BCUT2D eigenvalue weighted by Crippen LogP contribution is -2.41. The highest BCUT2D eigenvalue weighted by atomic mass is 32.2. The molecule has 1 aromatic carbocycles. The number of sulfone groups is 1. The summed E-state index contributed by atoms with van der Waals surface area (Å²) in [7, 11) is -3.34. The molecule has 2 aromatic rings. The van der Waals surface area contributed by atoms with E-state index in [4.69, 9.17) is 4.74 Å². The highest BCUT2D eigenvalue weighted by Gasteiger charge is 2.33. The van der Waals surface area contributed by atoms with Crippen LogP contribution in [-0.4, -0.2) is 48.6 Å². The first kappa shape index (κ1) is 20.9. The summed E-state index contributed by atoms with van der Waals surface area (Å²) in [6.07, 6.45) is 1.54. The molecule has 0 aliphatic carbocycles. The van der Waals surface area contributed by atoms with E-state index >= 15 is 0 Å². The number of benzene rings is 1. The van der Waals surface area contributed by atoms with Gasteiger partial charge in [-0.2, -0.15) is 0 Å². The number of nitrogens with zero attached hydrogens (tertiary/aromatic N) is 1. The highest BCUT2D eigenvalue weighted by Crippen LogP contribution is 2.24. The number of hydrogen-bond acceptors (Lipinski definition) is 5. The molecule has 0 bridgehead atoms. The van der Waals surface area contributed by atoms with E-state index in [1.54, 1.807) is 20.8 Å². The molecule has 0 fully saturated rings. The average molecular weight is 416 g/mol. The van der Waals surface area contributed by atoms with Crippen molar-refractivity contribution in [3.05, 3.63) is 69.9 Å². The summed E-state index contributed by atoms with van der Waals surface area (Å²) in [5.41, 5.74) is 2.51. The predicted octanol–water partition coefficient (Wildman–Crippen LogP) is 2.76. The first-order valence-corrected chi connectivity index (χ1v) is 11.1.